The zero-order valence-electron chi connectivity index (χ0n) is 16.0. The van der Waals surface area contributed by atoms with Crippen molar-refractivity contribution in [2.24, 2.45) is 0 Å². The number of ether oxygens (including phenoxy) is 1. The molecule has 0 atom stereocenters. The number of aryl methyl sites for hydroxylation is 1. The first-order chi connectivity index (χ1) is 13.0. The monoisotopic (exact) mass is 366 g/mol. The second-order valence-electron chi connectivity index (χ2n) is 6.97. The number of hydrogen-bond donors (Lipinski definition) is 0. The minimum absolute atomic E-state index is 0.131. The Kier molecular flexibility index (Phi) is 6.24. The Balaban J connectivity index is 1.45. The maximum atomic E-state index is 12.4. The van der Waals surface area contributed by atoms with Crippen LogP contribution in [0.5, 0.6) is 0 Å². The van der Waals surface area contributed by atoms with E-state index in [1.807, 2.05) is 44.2 Å². The normalized spacial score (nSPS) is 14.8. The molecule has 1 saturated heterocycles. The van der Waals surface area contributed by atoms with Crippen LogP contribution in [0, 0.1) is 13.8 Å². The molecule has 0 unspecified atom stereocenters. The van der Waals surface area contributed by atoms with Crippen LogP contribution < -0.4 is 0 Å². The van der Waals surface area contributed by atoms with Gasteiger partial charge < -0.3 is 9.64 Å². The van der Waals surface area contributed by atoms with E-state index in [0.29, 0.717) is 18.7 Å². The third-order valence-corrected chi connectivity index (χ3v) is 5.13. The Bertz CT molecular complexity index is 796. The van der Waals surface area contributed by atoms with Gasteiger partial charge in [0, 0.05) is 32.7 Å². The van der Waals surface area contributed by atoms with E-state index < -0.39 is 5.97 Å². The number of carbonyl (C=O) groups is 2. The summed E-state index contributed by atoms with van der Waals surface area (Å²) in [5.74, 6) is -0.569. The van der Waals surface area contributed by atoms with E-state index >= 15 is 0 Å². The zero-order valence-corrected chi connectivity index (χ0v) is 16.0. The Morgan fingerprint density at radius 2 is 1.63 bits per heavy atom. The summed E-state index contributed by atoms with van der Waals surface area (Å²) >= 11 is 0. The Labute approximate surface area is 160 Å². The molecule has 27 heavy (non-hydrogen) atoms. The molecule has 1 heterocycles. The zero-order chi connectivity index (χ0) is 19.2. The Morgan fingerprint density at radius 3 is 2.33 bits per heavy atom. The molecule has 1 aliphatic rings. The minimum Gasteiger partial charge on any atom is -0.452 e. The molecule has 0 saturated carbocycles. The highest BCUT2D eigenvalue weighted by atomic mass is 16.5. The second kappa shape index (κ2) is 8.82. The van der Waals surface area contributed by atoms with E-state index in [0.717, 1.165) is 30.8 Å². The average Bonchev–Trinajstić information content (AvgIpc) is 2.69. The molecule has 0 spiro atoms. The summed E-state index contributed by atoms with van der Waals surface area (Å²) in [5.41, 5.74) is 3.73. The molecule has 142 valence electrons. The lowest BCUT2D eigenvalue weighted by Crippen LogP contribution is -2.49. The van der Waals surface area contributed by atoms with Crippen LogP contribution in [0.3, 0.4) is 0 Å². The predicted molar refractivity (Wildman–Crippen MR) is 104 cm³/mol. The third kappa shape index (κ3) is 4.95. The van der Waals surface area contributed by atoms with Crippen LogP contribution >= 0.6 is 0 Å². The fourth-order valence-electron chi connectivity index (χ4n) is 3.27. The van der Waals surface area contributed by atoms with Crippen molar-refractivity contribution in [2.75, 3.05) is 32.8 Å². The summed E-state index contributed by atoms with van der Waals surface area (Å²) in [6, 6.07) is 15.8. The van der Waals surface area contributed by atoms with Crippen LogP contribution in [-0.4, -0.2) is 54.5 Å². The second-order valence-corrected chi connectivity index (χ2v) is 6.97. The van der Waals surface area contributed by atoms with Gasteiger partial charge in [-0.2, -0.15) is 0 Å². The third-order valence-electron chi connectivity index (χ3n) is 5.13. The lowest BCUT2D eigenvalue weighted by atomic mass is 10.0. The number of carbonyl (C=O) groups excluding carboxylic acids is 2. The van der Waals surface area contributed by atoms with E-state index in [1.165, 1.54) is 5.56 Å². The Hall–Kier alpha value is -2.66. The van der Waals surface area contributed by atoms with Gasteiger partial charge in [0.1, 0.15) is 0 Å². The van der Waals surface area contributed by atoms with E-state index in [9.17, 15) is 9.59 Å². The highest BCUT2D eigenvalue weighted by molar-refractivity contribution is 5.93. The van der Waals surface area contributed by atoms with Crippen molar-refractivity contribution < 1.29 is 14.3 Å². The van der Waals surface area contributed by atoms with Gasteiger partial charge in [0.25, 0.3) is 5.91 Å². The molecule has 3 rings (SSSR count). The quantitative estimate of drug-likeness (QED) is 0.764. The number of rotatable bonds is 5. The molecular weight excluding hydrogens is 340 g/mol. The van der Waals surface area contributed by atoms with Crippen molar-refractivity contribution in [3.8, 4) is 0 Å². The van der Waals surface area contributed by atoms with Crippen LogP contribution in [-0.2, 0) is 16.1 Å². The first kappa shape index (κ1) is 19.1. The molecule has 1 fully saturated rings. The van der Waals surface area contributed by atoms with Crippen molar-refractivity contribution in [1.82, 2.24) is 9.80 Å². The average molecular weight is 366 g/mol. The summed E-state index contributed by atoms with van der Waals surface area (Å²) in [5, 5.41) is 0. The molecule has 0 aromatic heterocycles. The summed E-state index contributed by atoms with van der Waals surface area (Å²) in [4.78, 5) is 28.8. The predicted octanol–water partition coefficient (Wildman–Crippen LogP) is 2.80. The highest BCUT2D eigenvalue weighted by Gasteiger charge is 2.22. The first-order valence-corrected chi connectivity index (χ1v) is 9.32. The maximum absolute atomic E-state index is 12.4. The largest absolute Gasteiger partial charge is 0.452 e. The van der Waals surface area contributed by atoms with Gasteiger partial charge in [-0.05, 0) is 36.6 Å². The first-order valence-electron chi connectivity index (χ1n) is 9.32. The smallest absolute Gasteiger partial charge is 0.338 e. The van der Waals surface area contributed by atoms with Crippen molar-refractivity contribution >= 4 is 11.9 Å². The molecule has 0 bridgehead atoms. The van der Waals surface area contributed by atoms with Gasteiger partial charge in [-0.3, -0.25) is 9.69 Å². The fourth-order valence-corrected chi connectivity index (χ4v) is 3.27. The maximum Gasteiger partial charge on any atom is 0.338 e. The van der Waals surface area contributed by atoms with Gasteiger partial charge in [-0.25, -0.2) is 4.79 Å². The van der Waals surface area contributed by atoms with Crippen molar-refractivity contribution in [2.45, 2.75) is 20.4 Å². The summed E-state index contributed by atoms with van der Waals surface area (Å²) in [7, 11) is 0. The van der Waals surface area contributed by atoms with Crippen molar-refractivity contribution in [3.05, 3.63) is 70.8 Å². The van der Waals surface area contributed by atoms with E-state index in [1.54, 1.807) is 11.0 Å². The Morgan fingerprint density at radius 1 is 0.926 bits per heavy atom. The van der Waals surface area contributed by atoms with E-state index in [4.69, 9.17) is 4.74 Å². The van der Waals surface area contributed by atoms with Gasteiger partial charge in [0.2, 0.25) is 0 Å². The molecule has 0 radical (unpaired) electrons. The summed E-state index contributed by atoms with van der Waals surface area (Å²) in [6.07, 6.45) is 0. The van der Waals surface area contributed by atoms with Gasteiger partial charge in [-0.1, -0.05) is 42.5 Å². The molecule has 0 aliphatic carbocycles. The summed E-state index contributed by atoms with van der Waals surface area (Å²) < 4.78 is 5.26. The molecule has 5 nitrogen and oxygen atoms in total. The molecule has 0 N–H and O–H groups in total. The SMILES string of the molecule is Cc1cccc(C(=O)OCC(=O)N2CCN(Cc3ccccc3)CC2)c1C. The van der Waals surface area contributed by atoms with Gasteiger partial charge in [0.15, 0.2) is 6.61 Å². The number of amides is 1. The van der Waals surface area contributed by atoms with E-state index in [2.05, 4.69) is 17.0 Å². The van der Waals surface area contributed by atoms with Crippen LogP contribution in [0.1, 0.15) is 27.0 Å². The van der Waals surface area contributed by atoms with Crippen LogP contribution in [0.15, 0.2) is 48.5 Å². The number of nitrogens with zero attached hydrogens (tertiary/aromatic N) is 2. The van der Waals surface area contributed by atoms with Crippen molar-refractivity contribution in [1.29, 1.82) is 0 Å². The fraction of sp³-hybridized carbons (Fsp3) is 0.364. The minimum atomic E-state index is -0.438. The van der Waals surface area contributed by atoms with Crippen molar-refractivity contribution in [3.63, 3.8) is 0 Å². The topological polar surface area (TPSA) is 49.9 Å². The van der Waals surface area contributed by atoms with Gasteiger partial charge >= 0.3 is 5.97 Å². The number of benzene rings is 2. The highest BCUT2D eigenvalue weighted by Crippen LogP contribution is 2.14. The lowest BCUT2D eigenvalue weighted by molar-refractivity contribution is -0.136. The number of piperazine rings is 1. The molecule has 1 amide bonds. The molecule has 5 heteroatoms. The number of esters is 1. The number of hydrogen-bond acceptors (Lipinski definition) is 4. The lowest BCUT2D eigenvalue weighted by Gasteiger charge is -2.34. The summed E-state index contributed by atoms with van der Waals surface area (Å²) in [6.45, 7) is 7.50. The molecular formula is C22H26N2O3. The standard InChI is InChI=1S/C22H26N2O3/c1-17-7-6-10-20(18(17)2)22(26)27-16-21(25)24-13-11-23(12-14-24)15-19-8-4-3-5-9-19/h3-10H,11-16H2,1-2H3. The molecule has 2 aromatic rings. The van der Waals surface area contributed by atoms with Crippen LogP contribution in [0.2, 0.25) is 0 Å². The van der Waals surface area contributed by atoms with E-state index in [-0.39, 0.29) is 12.5 Å². The molecule has 2 aromatic carbocycles. The van der Waals surface area contributed by atoms with Gasteiger partial charge in [0.05, 0.1) is 5.56 Å². The van der Waals surface area contributed by atoms with Gasteiger partial charge in [-0.15, -0.1) is 0 Å². The van der Waals surface area contributed by atoms with Crippen LogP contribution in [0.4, 0.5) is 0 Å². The van der Waals surface area contributed by atoms with Crippen LogP contribution in [0.25, 0.3) is 0 Å². The molecule has 1 aliphatic heterocycles.